The number of rotatable bonds is 7. The van der Waals surface area contributed by atoms with Crippen molar-refractivity contribution >= 4 is 16.8 Å². The molecular formula is C22H19FN4O4. The van der Waals surface area contributed by atoms with Gasteiger partial charge >= 0.3 is 0 Å². The number of fused-ring (bicyclic) bond motifs is 1. The molecule has 0 radical (unpaired) electrons. The molecule has 9 heteroatoms. The third kappa shape index (κ3) is 4.36. The fourth-order valence-corrected chi connectivity index (χ4v) is 3.13. The van der Waals surface area contributed by atoms with E-state index in [4.69, 9.17) is 4.74 Å². The number of carbonyl (C=O) groups is 1. The van der Waals surface area contributed by atoms with Crippen LogP contribution in [0.15, 0.2) is 65.8 Å². The van der Waals surface area contributed by atoms with Crippen LogP contribution in [0, 0.1) is 5.82 Å². The molecule has 0 saturated heterocycles. The molecule has 1 unspecified atom stereocenters. The lowest BCUT2D eigenvalue weighted by Crippen LogP contribution is -2.30. The van der Waals surface area contributed by atoms with Gasteiger partial charge in [0.2, 0.25) is 0 Å². The Labute approximate surface area is 176 Å². The van der Waals surface area contributed by atoms with Gasteiger partial charge in [-0.05, 0) is 43.3 Å². The zero-order valence-electron chi connectivity index (χ0n) is 16.6. The Morgan fingerprint density at radius 2 is 2.00 bits per heavy atom. The van der Waals surface area contributed by atoms with Gasteiger partial charge in [0.05, 0.1) is 18.4 Å². The van der Waals surface area contributed by atoms with Crippen LogP contribution in [0.3, 0.4) is 0 Å². The fraction of sp³-hybridized carbons (Fsp3) is 0.182. The number of benzene rings is 2. The summed E-state index contributed by atoms with van der Waals surface area (Å²) in [5, 5.41) is 14.8. The van der Waals surface area contributed by atoms with E-state index < -0.39 is 6.10 Å². The van der Waals surface area contributed by atoms with Crippen molar-refractivity contribution in [3.8, 4) is 11.4 Å². The molecule has 2 aromatic carbocycles. The van der Waals surface area contributed by atoms with Crippen LogP contribution in [-0.4, -0.2) is 42.9 Å². The number of aliphatic hydroxyl groups is 1. The lowest BCUT2D eigenvalue weighted by Gasteiger charge is -2.14. The summed E-state index contributed by atoms with van der Waals surface area (Å²) < 4.78 is 21.4. The molecule has 2 aromatic heterocycles. The molecule has 0 amide bonds. The van der Waals surface area contributed by atoms with E-state index in [1.165, 1.54) is 53.0 Å². The number of aliphatic hydroxyl groups excluding tert-OH is 1. The first-order valence-electron chi connectivity index (χ1n) is 9.53. The van der Waals surface area contributed by atoms with Crippen LogP contribution >= 0.6 is 0 Å². The number of aromatic nitrogens is 4. The second-order valence-corrected chi connectivity index (χ2v) is 7.02. The van der Waals surface area contributed by atoms with Gasteiger partial charge < -0.3 is 9.84 Å². The molecular weight excluding hydrogens is 403 g/mol. The van der Waals surface area contributed by atoms with Crippen LogP contribution in [-0.2, 0) is 6.54 Å². The van der Waals surface area contributed by atoms with Crippen LogP contribution in [0.2, 0.25) is 0 Å². The standard InChI is InChI=1S/C22H19FN4O4/c1-14(28)15-3-2-4-19(9-15)31-12-18(29)11-26-13-24-21-20(22(26)30)10-25-27(21)17-7-5-16(23)6-8-17/h2-10,13,18,29H,11-12H2,1H3. The van der Waals surface area contributed by atoms with Gasteiger partial charge in [0.25, 0.3) is 5.56 Å². The van der Waals surface area contributed by atoms with Crippen LogP contribution in [0.5, 0.6) is 5.75 Å². The molecule has 1 N–H and O–H groups in total. The van der Waals surface area contributed by atoms with Gasteiger partial charge in [-0.15, -0.1) is 0 Å². The number of ketones is 1. The van der Waals surface area contributed by atoms with E-state index >= 15 is 0 Å². The molecule has 0 aliphatic carbocycles. The van der Waals surface area contributed by atoms with E-state index in [9.17, 15) is 19.1 Å². The molecule has 1 atom stereocenters. The number of hydrogen-bond donors (Lipinski definition) is 1. The molecule has 158 valence electrons. The van der Waals surface area contributed by atoms with Crippen LogP contribution in [0.1, 0.15) is 17.3 Å². The van der Waals surface area contributed by atoms with Gasteiger partial charge in [-0.3, -0.25) is 14.2 Å². The third-order valence-corrected chi connectivity index (χ3v) is 4.72. The van der Waals surface area contributed by atoms with E-state index in [1.54, 1.807) is 24.3 Å². The fourth-order valence-electron chi connectivity index (χ4n) is 3.13. The van der Waals surface area contributed by atoms with Crippen molar-refractivity contribution in [2.45, 2.75) is 19.6 Å². The van der Waals surface area contributed by atoms with E-state index in [0.29, 0.717) is 22.6 Å². The highest BCUT2D eigenvalue weighted by Crippen LogP contribution is 2.15. The average Bonchev–Trinajstić information content (AvgIpc) is 3.20. The Balaban J connectivity index is 1.49. The van der Waals surface area contributed by atoms with Crippen LogP contribution in [0.25, 0.3) is 16.7 Å². The minimum absolute atomic E-state index is 0.0318. The number of carbonyl (C=O) groups excluding carboxylic acids is 1. The first-order valence-corrected chi connectivity index (χ1v) is 9.53. The summed E-state index contributed by atoms with van der Waals surface area (Å²) in [6.07, 6.45) is 1.73. The van der Waals surface area contributed by atoms with Gasteiger partial charge in [0.1, 0.15) is 36.0 Å². The summed E-state index contributed by atoms with van der Waals surface area (Å²) in [4.78, 5) is 28.5. The quantitative estimate of drug-likeness (QED) is 0.459. The maximum atomic E-state index is 13.2. The molecule has 0 aliphatic rings. The smallest absolute Gasteiger partial charge is 0.264 e. The highest BCUT2D eigenvalue weighted by Gasteiger charge is 2.14. The summed E-state index contributed by atoms with van der Waals surface area (Å²) in [5.41, 5.74) is 1.05. The SMILES string of the molecule is CC(=O)c1cccc(OCC(O)Cn2cnc3c(cnn3-c3ccc(F)cc3)c2=O)c1. The van der Waals surface area contributed by atoms with Gasteiger partial charge in [0, 0.05) is 5.56 Å². The van der Waals surface area contributed by atoms with Gasteiger partial charge in [-0.25, -0.2) is 14.1 Å². The maximum Gasteiger partial charge on any atom is 0.264 e. The van der Waals surface area contributed by atoms with Crippen molar-refractivity contribution in [2.24, 2.45) is 0 Å². The van der Waals surface area contributed by atoms with Crippen molar-refractivity contribution in [3.63, 3.8) is 0 Å². The average molecular weight is 422 g/mol. The lowest BCUT2D eigenvalue weighted by atomic mass is 10.1. The Bertz CT molecular complexity index is 1300. The summed E-state index contributed by atoms with van der Waals surface area (Å²) in [6, 6.07) is 12.3. The first kappa shape index (κ1) is 20.4. The first-order chi connectivity index (χ1) is 14.9. The highest BCUT2D eigenvalue weighted by atomic mass is 19.1. The van der Waals surface area contributed by atoms with Gasteiger partial charge in [-0.2, -0.15) is 5.10 Å². The van der Waals surface area contributed by atoms with E-state index in [-0.39, 0.29) is 35.7 Å². The van der Waals surface area contributed by atoms with Crippen molar-refractivity contribution in [1.29, 1.82) is 0 Å². The molecule has 0 bridgehead atoms. The molecule has 0 aliphatic heterocycles. The highest BCUT2D eigenvalue weighted by molar-refractivity contribution is 5.94. The van der Waals surface area contributed by atoms with Crippen LogP contribution in [0.4, 0.5) is 4.39 Å². The normalized spacial score (nSPS) is 12.1. The predicted molar refractivity (Wildman–Crippen MR) is 111 cm³/mol. The van der Waals surface area contributed by atoms with E-state index in [2.05, 4.69) is 10.1 Å². The zero-order chi connectivity index (χ0) is 22.0. The third-order valence-electron chi connectivity index (χ3n) is 4.72. The van der Waals surface area contributed by atoms with Crippen molar-refractivity contribution < 1.29 is 19.0 Å². The molecule has 8 nitrogen and oxygen atoms in total. The predicted octanol–water partition coefficient (Wildman–Crippen LogP) is 2.36. The molecule has 2 heterocycles. The number of hydrogen-bond acceptors (Lipinski definition) is 6. The number of halogens is 1. The topological polar surface area (TPSA) is 99.2 Å². The molecule has 4 rings (SSSR count). The Kier molecular flexibility index (Phi) is 5.59. The summed E-state index contributed by atoms with van der Waals surface area (Å²) in [5.74, 6) is -0.00823. The second kappa shape index (κ2) is 8.49. The van der Waals surface area contributed by atoms with Crippen molar-refractivity contribution in [1.82, 2.24) is 19.3 Å². The van der Waals surface area contributed by atoms with E-state index in [1.807, 2.05) is 0 Å². The minimum Gasteiger partial charge on any atom is -0.491 e. The molecule has 4 aromatic rings. The summed E-state index contributed by atoms with van der Waals surface area (Å²) in [6.45, 7) is 1.36. The Morgan fingerprint density at radius 3 is 2.74 bits per heavy atom. The number of nitrogens with zero attached hydrogens (tertiary/aromatic N) is 4. The molecule has 0 spiro atoms. The van der Waals surface area contributed by atoms with Crippen molar-refractivity contribution in [2.75, 3.05) is 6.61 Å². The Hall–Kier alpha value is -3.85. The monoisotopic (exact) mass is 422 g/mol. The number of Topliss-reactive ketones (excluding diaryl/α,β-unsaturated/α-hetero) is 1. The second-order valence-electron chi connectivity index (χ2n) is 7.02. The Morgan fingerprint density at radius 1 is 1.23 bits per heavy atom. The largest absolute Gasteiger partial charge is 0.491 e. The van der Waals surface area contributed by atoms with Crippen LogP contribution < -0.4 is 10.3 Å². The van der Waals surface area contributed by atoms with Gasteiger partial charge in [-0.1, -0.05) is 12.1 Å². The zero-order valence-corrected chi connectivity index (χ0v) is 16.6. The van der Waals surface area contributed by atoms with Crippen molar-refractivity contribution in [3.05, 3.63) is 82.8 Å². The molecule has 31 heavy (non-hydrogen) atoms. The minimum atomic E-state index is -0.981. The lowest BCUT2D eigenvalue weighted by molar-refractivity contribution is 0.0913. The van der Waals surface area contributed by atoms with Gasteiger partial charge in [0.15, 0.2) is 11.4 Å². The maximum absolute atomic E-state index is 13.2. The summed E-state index contributed by atoms with van der Waals surface area (Å²) in [7, 11) is 0. The molecule has 0 fully saturated rings. The van der Waals surface area contributed by atoms with E-state index in [0.717, 1.165) is 0 Å². The number of ether oxygens (including phenoxy) is 1. The summed E-state index contributed by atoms with van der Waals surface area (Å²) >= 11 is 0. The molecule has 0 saturated carbocycles.